The Morgan fingerprint density at radius 2 is 2.38 bits per heavy atom. The second-order valence-corrected chi connectivity index (χ2v) is 2.84. The summed E-state index contributed by atoms with van der Waals surface area (Å²) < 4.78 is 15.5. The number of ether oxygens (including phenoxy) is 1. The topological polar surface area (TPSA) is 38.3 Å². The maximum absolute atomic E-state index is 10.6. The van der Waals surface area contributed by atoms with Gasteiger partial charge in [-0.1, -0.05) is 0 Å². The van der Waals surface area contributed by atoms with Crippen LogP contribution in [0.25, 0.3) is 0 Å². The number of benzene rings is 1. The molecule has 1 aromatic carbocycles. The van der Waals surface area contributed by atoms with Gasteiger partial charge in [-0.25, -0.2) is 0 Å². The molecule has 0 aliphatic rings. The predicted octanol–water partition coefficient (Wildman–Crippen LogP) is 1.03. The molecule has 0 saturated carbocycles. The Bertz CT molecular complexity index is 306. The molecule has 0 fully saturated rings. The van der Waals surface area contributed by atoms with Crippen LogP contribution < -0.4 is 10.8 Å². The molecule has 0 amide bonds. The van der Waals surface area contributed by atoms with Crippen molar-refractivity contribution in [1.29, 1.82) is 0 Å². The third-order valence-corrected chi connectivity index (χ3v) is 1.91. The van der Waals surface area contributed by atoms with E-state index in [0.717, 1.165) is 7.15 Å². The molecule has 0 aliphatic heterocycles. The van der Waals surface area contributed by atoms with Crippen LogP contribution in [-0.2, 0) is 9.44 Å². The van der Waals surface area contributed by atoms with Gasteiger partial charge in [0.15, 0.2) is 0 Å². The van der Waals surface area contributed by atoms with Gasteiger partial charge in [0.05, 0.1) is 0 Å². The molecule has 0 aliphatic carbocycles. The summed E-state index contributed by atoms with van der Waals surface area (Å²) >= 11 is 5.80. The average molecular weight is 197 g/mol. The molecule has 0 bridgehead atoms. The van der Waals surface area contributed by atoms with Crippen molar-refractivity contribution in [3.05, 3.63) is 23.2 Å². The summed E-state index contributed by atoms with van der Waals surface area (Å²) in [4.78, 5) is 0. The SMILES string of the molecule is COCNc1cccc(Cl)c1B=O. The summed E-state index contributed by atoms with van der Waals surface area (Å²) in [6, 6.07) is 5.21. The van der Waals surface area contributed by atoms with Gasteiger partial charge in [0.25, 0.3) is 0 Å². The van der Waals surface area contributed by atoms with E-state index in [2.05, 4.69) is 5.32 Å². The van der Waals surface area contributed by atoms with Crippen molar-refractivity contribution in [3.63, 3.8) is 0 Å². The summed E-state index contributed by atoms with van der Waals surface area (Å²) in [6.07, 6.45) is 0. The van der Waals surface area contributed by atoms with Crippen LogP contribution in [0.4, 0.5) is 5.69 Å². The van der Waals surface area contributed by atoms with Gasteiger partial charge in [0, 0.05) is 0 Å². The van der Waals surface area contributed by atoms with E-state index in [9.17, 15) is 4.70 Å². The van der Waals surface area contributed by atoms with E-state index in [1.165, 1.54) is 0 Å². The number of rotatable bonds is 4. The molecule has 0 unspecified atom stereocenters. The Balaban J connectivity index is 2.91. The van der Waals surface area contributed by atoms with E-state index in [1.807, 2.05) is 0 Å². The molecule has 0 aromatic heterocycles. The van der Waals surface area contributed by atoms with Crippen molar-refractivity contribution in [2.75, 3.05) is 19.2 Å². The van der Waals surface area contributed by atoms with Gasteiger partial charge in [-0.05, 0) is 0 Å². The average Bonchev–Trinajstić information content (AvgIpc) is 2.15. The molecule has 3 nitrogen and oxygen atoms in total. The Labute approximate surface area is 82.3 Å². The van der Waals surface area contributed by atoms with Crippen molar-refractivity contribution >= 4 is 29.9 Å². The van der Waals surface area contributed by atoms with E-state index in [-0.39, 0.29) is 0 Å². The van der Waals surface area contributed by atoms with Crippen LogP contribution in [0.15, 0.2) is 18.2 Å². The number of methoxy groups -OCH3 is 1. The van der Waals surface area contributed by atoms with Crippen LogP contribution in [0.3, 0.4) is 0 Å². The zero-order valence-corrected chi connectivity index (χ0v) is 7.97. The summed E-state index contributed by atoms with van der Waals surface area (Å²) in [5.74, 6) is 0. The second-order valence-electron chi connectivity index (χ2n) is 2.43. The zero-order chi connectivity index (χ0) is 9.68. The van der Waals surface area contributed by atoms with Crippen LogP contribution >= 0.6 is 11.6 Å². The van der Waals surface area contributed by atoms with E-state index in [0.29, 0.717) is 22.9 Å². The van der Waals surface area contributed by atoms with Crippen LogP contribution in [0, 0.1) is 0 Å². The minimum atomic E-state index is 0.348. The normalized spacial score (nSPS) is 9.38. The first kappa shape index (κ1) is 10.2. The zero-order valence-electron chi connectivity index (χ0n) is 7.21. The molecule has 5 heteroatoms. The fourth-order valence-electron chi connectivity index (χ4n) is 0.961. The van der Waals surface area contributed by atoms with E-state index >= 15 is 0 Å². The molecular formula is C8H9BClNO2. The first-order valence-corrected chi connectivity index (χ1v) is 4.14. The first-order chi connectivity index (χ1) is 6.29. The molecule has 0 atom stereocenters. The van der Waals surface area contributed by atoms with Crippen LogP contribution in [0.1, 0.15) is 0 Å². The Morgan fingerprint density at radius 1 is 1.62 bits per heavy atom. The number of halogens is 1. The van der Waals surface area contributed by atoms with Gasteiger partial charge >= 0.3 is 81.7 Å². The third-order valence-electron chi connectivity index (χ3n) is 1.58. The fraction of sp³-hybridized carbons (Fsp3) is 0.250. The number of hydrogen-bond acceptors (Lipinski definition) is 3. The van der Waals surface area contributed by atoms with Gasteiger partial charge in [-0.3, -0.25) is 0 Å². The molecule has 68 valence electrons. The molecule has 1 rings (SSSR count). The Kier molecular flexibility index (Phi) is 3.92. The minimum absolute atomic E-state index is 0.348. The van der Waals surface area contributed by atoms with Gasteiger partial charge in [-0.2, -0.15) is 0 Å². The fourth-order valence-corrected chi connectivity index (χ4v) is 1.18. The van der Waals surface area contributed by atoms with Crippen molar-refractivity contribution in [3.8, 4) is 0 Å². The molecule has 0 radical (unpaired) electrons. The Hall–Kier alpha value is -0.865. The van der Waals surface area contributed by atoms with Crippen LogP contribution in [0.5, 0.6) is 0 Å². The van der Waals surface area contributed by atoms with Gasteiger partial charge < -0.3 is 0 Å². The molecular weight excluding hydrogens is 188 g/mol. The molecule has 0 heterocycles. The van der Waals surface area contributed by atoms with Gasteiger partial charge in [-0.15, -0.1) is 0 Å². The first-order valence-electron chi connectivity index (χ1n) is 3.76. The van der Waals surface area contributed by atoms with Crippen LogP contribution in [0.2, 0.25) is 5.02 Å². The summed E-state index contributed by atoms with van der Waals surface area (Å²) in [5, 5.41) is 3.36. The monoisotopic (exact) mass is 197 g/mol. The maximum atomic E-state index is 10.6. The molecule has 1 N–H and O–H groups in total. The van der Waals surface area contributed by atoms with Crippen molar-refractivity contribution < 1.29 is 9.44 Å². The standard InChI is InChI=1S/C8H9BClNO2/c1-13-5-11-7-4-2-3-6(10)8(7)9-12/h2-4,11H,5H2,1H3. The van der Waals surface area contributed by atoms with E-state index in [1.54, 1.807) is 25.3 Å². The summed E-state index contributed by atoms with van der Waals surface area (Å²) in [5.41, 5.74) is 1.14. The number of hydrogen-bond donors (Lipinski definition) is 1. The molecule has 1 aromatic rings. The molecule has 13 heavy (non-hydrogen) atoms. The quantitative estimate of drug-likeness (QED) is 0.579. The van der Waals surface area contributed by atoms with Gasteiger partial charge in [0.2, 0.25) is 0 Å². The van der Waals surface area contributed by atoms with E-state index in [4.69, 9.17) is 16.3 Å². The number of anilines is 1. The van der Waals surface area contributed by atoms with Crippen LogP contribution in [-0.4, -0.2) is 21.0 Å². The van der Waals surface area contributed by atoms with Crippen molar-refractivity contribution in [2.45, 2.75) is 0 Å². The second kappa shape index (κ2) is 4.99. The molecule has 0 spiro atoms. The van der Waals surface area contributed by atoms with Gasteiger partial charge in [0.1, 0.15) is 0 Å². The third kappa shape index (κ3) is 2.54. The number of nitrogens with one attached hydrogen (secondary N) is 1. The van der Waals surface area contributed by atoms with E-state index < -0.39 is 0 Å². The van der Waals surface area contributed by atoms with Crippen molar-refractivity contribution in [2.24, 2.45) is 0 Å². The summed E-state index contributed by atoms with van der Waals surface area (Å²) in [7, 11) is 2.29. The Morgan fingerprint density at radius 3 is 3.00 bits per heavy atom. The summed E-state index contributed by atoms with van der Waals surface area (Å²) in [6.45, 7) is 0.348. The molecule has 0 saturated heterocycles. The van der Waals surface area contributed by atoms with Crippen molar-refractivity contribution in [1.82, 2.24) is 0 Å². The predicted molar refractivity (Wildman–Crippen MR) is 53.0 cm³/mol.